The minimum Gasteiger partial charge on any atom is -0.382 e. The van der Waals surface area contributed by atoms with Crippen molar-refractivity contribution in [1.82, 2.24) is 0 Å². The molecule has 0 fully saturated rings. The zero-order valence-corrected chi connectivity index (χ0v) is 13.2. The molecule has 0 aromatic heterocycles. The van der Waals surface area contributed by atoms with Crippen molar-refractivity contribution in [3.05, 3.63) is 58.3 Å². The predicted molar refractivity (Wildman–Crippen MR) is 87.3 cm³/mol. The summed E-state index contributed by atoms with van der Waals surface area (Å²) in [6.07, 6.45) is 0.849. The standard InChI is InChI=1S/C16H16BrFN2O/c1-2-10-19-15-13(4-3-5-14(15)18)16(21)20-12-8-6-11(17)7-9-12/h3-9,19H,2,10H2,1H3,(H,20,21). The molecule has 1 amide bonds. The van der Waals surface area contributed by atoms with E-state index in [4.69, 9.17) is 0 Å². The number of carbonyl (C=O) groups is 1. The van der Waals surface area contributed by atoms with E-state index in [2.05, 4.69) is 26.6 Å². The maximum absolute atomic E-state index is 13.9. The van der Waals surface area contributed by atoms with Gasteiger partial charge in [0.05, 0.1) is 11.3 Å². The largest absolute Gasteiger partial charge is 0.382 e. The SMILES string of the molecule is CCCNc1c(F)cccc1C(=O)Nc1ccc(Br)cc1. The molecule has 0 unspecified atom stereocenters. The molecule has 21 heavy (non-hydrogen) atoms. The van der Waals surface area contributed by atoms with E-state index in [1.165, 1.54) is 12.1 Å². The molecule has 0 heterocycles. The first-order valence-electron chi connectivity index (χ1n) is 6.71. The van der Waals surface area contributed by atoms with Gasteiger partial charge in [-0.25, -0.2) is 4.39 Å². The van der Waals surface area contributed by atoms with Crippen LogP contribution < -0.4 is 10.6 Å². The van der Waals surface area contributed by atoms with E-state index in [9.17, 15) is 9.18 Å². The summed E-state index contributed by atoms with van der Waals surface area (Å²) >= 11 is 3.33. The summed E-state index contributed by atoms with van der Waals surface area (Å²) in [5.41, 5.74) is 1.20. The smallest absolute Gasteiger partial charge is 0.257 e. The first kappa shape index (κ1) is 15.5. The van der Waals surface area contributed by atoms with E-state index in [1.54, 1.807) is 18.2 Å². The number of para-hydroxylation sites is 1. The average molecular weight is 351 g/mol. The molecule has 3 nitrogen and oxygen atoms in total. The molecule has 0 radical (unpaired) electrons. The molecule has 5 heteroatoms. The number of carbonyl (C=O) groups excluding carboxylic acids is 1. The predicted octanol–water partition coefficient (Wildman–Crippen LogP) is 4.66. The summed E-state index contributed by atoms with van der Waals surface area (Å²) in [6.45, 7) is 2.59. The molecule has 2 aromatic rings. The number of hydrogen-bond donors (Lipinski definition) is 2. The summed E-state index contributed by atoms with van der Waals surface area (Å²) < 4.78 is 14.8. The van der Waals surface area contributed by atoms with Gasteiger partial charge in [0.1, 0.15) is 5.82 Å². The molecule has 2 rings (SSSR count). The number of hydrogen-bond acceptors (Lipinski definition) is 2. The van der Waals surface area contributed by atoms with Gasteiger partial charge in [-0.05, 0) is 42.8 Å². The summed E-state index contributed by atoms with van der Waals surface area (Å²) in [5, 5.41) is 5.73. The van der Waals surface area contributed by atoms with E-state index in [0.29, 0.717) is 17.8 Å². The van der Waals surface area contributed by atoms with Crippen molar-refractivity contribution in [3.63, 3.8) is 0 Å². The highest BCUT2D eigenvalue weighted by molar-refractivity contribution is 9.10. The topological polar surface area (TPSA) is 41.1 Å². The molecule has 110 valence electrons. The maximum atomic E-state index is 13.9. The fourth-order valence-electron chi connectivity index (χ4n) is 1.87. The van der Waals surface area contributed by atoms with Crippen LogP contribution in [0.1, 0.15) is 23.7 Å². The van der Waals surface area contributed by atoms with Crippen molar-refractivity contribution in [2.24, 2.45) is 0 Å². The van der Waals surface area contributed by atoms with Gasteiger partial charge in [-0.15, -0.1) is 0 Å². The molecule has 0 aliphatic heterocycles. The third kappa shape index (κ3) is 4.04. The maximum Gasteiger partial charge on any atom is 0.257 e. The van der Waals surface area contributed by atoms with Crippen LogP contribution >= 0.6 is 15.9 Å². The van der Waals surface area contributed by atoms with Crippen molar-refractivity contribution in [1.29, 1.82) is 0 Å². The molecular weight excluding hydrogens is 335 g/mol. The van der Waals surface area contributed by atoms with Crippen LogP contribution in [0, 0.1) is 5.82 Å². The zero-order valence-electron chi connectivity index (χ0n) is 11.6. The number of amides is 1. The van der Waals surface area contributed by atoms with Crippen molar-refractivity contribution in [2.45, 2.75) is 13.3 Å². The molecule has 0 aliphatic rings. The van der Waals surface area contributed by atoms with E-state index in [0.717, 1.165) is 10.9 Å². The Morgan fingerprint density at radius 1 is 1.19 bits per heavy atom. The van der Waals surface area contributed by atoms with Crippen LogP contribution in [0.4, 0.5) is 15.8 Å². The summed E-state index contributed by atoms with van der Waals surface area (Å²) in [7, 11) is 0. The van der Waals surface area contributed by atoms with Crippen molar-refractivity contribution >= 4 is 33.2 Å². The van der Waals surface area contributed by atoms with E-state index in [1.807, 2.05) is 19.1 Å². The van der Waals surface area contributed by atoms with Gasteiger partial charge in [-0.3, -0.25) is 4.79 Å². The lowest BCUT2D eigenvalue weighted by Gasteiger charge is -2.12. The number of anilines is 2. The Kier molecular flexibility index (Phi) is 5.33. The fourth-order valence-corrected chi connectivity index (χ4v) is 2.14. The van der Waals surface area contributed by atoms with Crippen molar-refractivity contribution in [3.8, 4) is 0 Å². The number of rotatable bonds is 5. The monoisotopic (exact) mass is 350 g/mol. The third-order valence-electron chi connectivity index (χ3n) is 2.91. The highest BCUT2D eigenvalue weighted by atomic mass is 79.9. The number of halogens is 2. The van der Waals surface area contributed by atoms with Crippen LogP contribution in [0.5, 0.6) is 0 Å². The molecular formula is C16H16BrFN2O. The van der Waals surface area contributed by atoms with Crippen LogP contribution in [-0.2, 0) is 0 Å². The molecule has 2 aromatic carbocycles. The lowest BCUT2D eigenvalue weighted by molar-refractivity contribution is 0.102. The van der Waals surface area contributed by atoms with Gasteiger partial charge in [0.2, 0.25) is 0 Å². The average Bonchev–Trinajstić information content (AvgIpc) is 2.48. The lowest BCUT2D eigenvalue weighted by atomic mass is 10.1. The first-order chi connectivity index (χ1) is 10.1. The van der Waals surface area contributed by atoms with Gasteiger partial charge in [-0.2, -0.15) is 0 Å². The third-order valence-corrected chi connectivity index (χ3v) is 3.44. The highest BCUT2D eigenvalue weighted by Gasteiger charge is 2.14. The van der Waals surface area contributed by atoms with Crippen LogP contribution in [0.25, 0.3) is 0 Å². The van der Waals surface area contributed by atoms with Crippen LogP contribution in [0.3, 0.4) is 0 Å². The Morgan fingerprint density at radius 2 is 1.90 bits per heavy atom. The van der Waals surface area contributed by atoms with Gasteiger partial charge in [0, 0.05) is 16.7 Å². The Morgan fingerprint density at radius 3 is 2.57 bits per heavy atom. The van der Waals surface area contributed by atoms with Crippen molar-refractivity contribution < 1.29 is 9.18 Å². The van der Waals surface area contributed by atoms with E-state index < -0.39 is 5.82 Å². The zero-order chi connectivity index (χ0) is 15.2. The second-order valence-corrected chi connectivity index (χ2v) is 5.47. The van der Waals surface area contributed by atoms with Crippen LogP contribution in [0.15, 0.2) is 46.9 Å². The normalized spacial score (nSPS) is 10.2. The Bertz CT molecular complexity index is 629. The number of nitrogens with one attached hydrogen (secondary N) is 2. The molecule has 0 saturated carbocycles. The minimum absolute atomic E-state index is 0.244. The van der Waals surface area contributed by atoms with Gasteiger partial charge in [0.25, 0.3) is 5.91 Å². The molecule has 0 atom stereocenters. The summed E-state index contributed by atoms with van der Waals surface area (Å²) in [4.78, 5) is 12.3. The Labute approximate surface area is 131 Å². The molecule has 0 spiro atoms. The van der Waals surface area contributed by atoms with Crippen molar-refractivity contribution in [2.75, 3.05) is 17.2 Å². The number of benzene rings is 2. The first-order valence-corrected chi connectivity index (χ1v) is 7.50. The van der Waals surface area contributed by atoms with Crippen LogP contribution in [-0.4, -0.2) is 12.5 Å². The van der Waals surface area contributed by atoms with E-state index in [-0.39, 0.29) is 11.6 Å². The Hall–Kier alpha value is -1.88. The van der Waals surface area contributed by atoms with Crippen LogP contribution in [0.2, 0.25) is 0 Å². The molecule has 0 saturated heterocycles. The highest BCUT2D eigenvalue weighted by Crippen LogP contribution is 2.22. The summed E-state index contributed by atoms with van der Waals surface area (Å²) in [6, 6.07) is 11.7. The Balaban J connectivity index is 2.22. The van der Waals surface area contributed by atoms with E-state index >= 15 is 0 Å². The molecule has 0 bridgehead atoms. The quantitative estimate of drug-likeness (QED) is 0.823. The lowest BCUT2D eigenvalue weighted by Crippen LogP contribution is -2.16. The second-order valence-electron chi connectivity index (χ2n) is 4.55. The minimum atomic E-state index is -0.424. The van der Waals surface area contributed by atoms with Gasteiger partial charge < -0.3 is 10.6 Å². The molecule has 0 aliphatic carbocycles. The van der Waals surface area contributed by atoms with Gasteiger partial charge in [0.15, 0.2) is 0 Å². The summed E-state index contributed by atoms with van der Waals surface area (Å²) in [5.74, 6) is -0.762. The van der Waals surface area contributed by atoms with Gasteiger partial charge in [-0.1, -0.05) is 28.9 Å². The second kappa shape index (κ2) is 7.22. The molecule has 2 N–H and O–H groups in total. The fraction of sp³-hybridized carbons (Fsp3) is 0.188. The van der Waals surface area contributed by atoms with Gasteiger partial charge >= 0.3 is 0 Å².